The van der Waals surface area contributed by atoms with Crippen LogP contribution >= 0.6 is 0 Å². The molecule has 0 bridgehead atoms. The maximum atomic E-state index is 4.79. The van der Waals surface area contributed by atoms with Crippen molar-refractivity contribution in [2.75, 3.05) is 0 Å². The number of benzene rings is 7. The van der Waals surface area contributed by atoms with Crippen molar-refractivity contribution in [2.45, 2.75) is 356 Å². The summed E-state index contributed by atoms with van der Waals surface area (Å²) in [6, 6.07) is 70.9. The summed E-state index contributed by atoms with van der Waals surface area (Å²) in [5.41, 5.74) is 8.42. The Hall–Kier alpha value is -15.6. The highest BCUT2D eigenvalue weighted by molar-refractivity contribution is 5.36. The Morgan fingerprint density at radius 3 is 0.443 bits per heavy atom. The molecule has 7 aromatic carbocycles. The van der Waals surface area contributed by atoms with E-state index >= 15 is 0 Å². The van der Waals surface area contributed by atoms with Crippen LogP contribution in [0.1, 0.15) is 374 Å². The Balaban J connectivity index is -0.0000000490. The summed E-state index contributed by atoms with van der Waals surface area (Å²) in [4.78, 5) is 0. The molecule has 0 nitrogen and oxygen atoms in total. The molecule has 0 fully saturated rings. The van der Waals surface area contributed by atoms with E-state index in [1.165, 1.54) is 16.7 Å². The topological polar surface area (TPSA) is 0 Å². The maximum absolute atomic E-state index is 4.79. The lowest BCUT2D eigenvalue weighted by molar-refractivity contribution is 1.14. The molecule has 0 N–H and O–H groups in total. The Labute approximate surface area is 878 Å². The number of aryl methyl sites for hydroxylation is 3. The lowest BCUT2D eigenvalue weighted by Gasteiger charge is -1.89. The van der Waals surface area contributed by atoms with Crippen molar-refractivity contribution in [1.29, 1.82) is 0 Å². The van der Waals surface area contributed by atoms with Crippen molar-refractivity contribution >= 4 is 0 Å². The van der Waals surface area contributed by atoms with E-state index in [0.29, 0.717) is 0 Å². The van der Waals surface area contributed by atoms with Gasteiger partial charge in [0.15, 0.2) is 0 Å². The Bertz CT molecular complexity index is 4570. The van der Waals surface area contributed by atoms with Crippen LogP contribution < -0.4 is 0 Å². The molecule has 0 heteroatoms. The third kappa shape index (κ3) is 272. The Kier molecular flexibility index (Phi) is 285. The maximum Gasteiger partial charge on any atom is 0.0245 e. The lowest BCUT2D eigenvalue weighted by atomic mass is 10.2. The molecule has 0 aromatic heterocycles. The zero-order valence-corrected chi connectivity index (χ0v) is 87.8. The van der Waals surface area contributed by atoms with Gasteiger partial charge < -0.3 is 0 Å². The summed E-state index contributed by atoms with van der Waals surface area (Å²) < 4.78 is 0. The van der Waals surface area contributed by atoms with Crippen molar-refractivity contribution in [2.24, 2.45) is 0 Å². The zero-order chi connectivity index (χ0) is 105. The van der Waals surface area contributed by atoms with Gasteiger partial charge in [-0.1, -0.05) is 391 Å². The van der Waals surface area contributed by atoms with E-state index in [1.807, 2.05) is 275 Å². The molecular formula is C140H192. The molecule has 752 valence electrons. The van der Waals surface area contributed by atoms with Crippen LogP contribution in [0.25, 0.3) is 0 Å². The molecular weight excluding hydrogens is 1680 g/mol. The first-order valence-corrected chi connectivity index (χ1v) is 44.7. The van der Waals surface area contributed by atoms with Crippen LogP contribution in [-0.4, -0.2) is 0 Å². The second kappa shape index (κ2) is 217. The van der Waals surface area contributed by atoms with Crippen LogP contribution in [0.2, 0.25) is 0 Å². The predicted molar refractivity (Wildman–Crippen MR) is 654 cm³/mol. The molecule has 0 saturated carbocycles. The summed E-state index contributed by atoms with van der Waals surface area (Å²) in [7, 11) is 0. The highest BCUT2D eigenvalue weighted by Gasteiger charge is 1.83. The van der Waals surface area contributed by atoms with Gasteiger partial charge in [-0.15, -0.1) is 189 Å². The van der Waals surface area contributed by atoms with Crippen LogP contribution in [0.4, 0.5) is 0 Å². The largest absolute Gasteiger partial charge is 0.120 e. The average molecular weight is 1880 g/mol. The normalized spacial score (nSPS) is 5.99. The predicted octanol–water partition coefficient (Wildman–Crippen LogP) is 37.4. The Morgan fingerprint density at radius 2 is 0.350 bits per heavy atom. The summed E-state index contributed by atoms with van der Waals surface area (Å²) in [5, 5.41) is 0. The van der Waals surface area contributed by atoms with E-state index in [0.717, 1.165) is 125 Å². The van der Waals surface area contributed by atoms with Crippen molar-refractivity contribution in [3.63, 3.8) is 0 Å². The van der Waals surface area contributed by atoms with Gasteiger partial charge in [-0.3, -0.25) is 0 Å². The number of terminal acetylenes is 10. The molecule has 0 spiro atoms. The molecule has 0 saturated heterocycles. The zero-order valence-electron chi connectivity index (χ0n) is 87.8. The minimum absolute atomic E-state index is 0. The third-order valence-corrected chi connectivity index (χ3v) is 11.5. The third-order valence-electron chi connectivity index (χ3n) is 11.5. The highest BCUT2D eigenvalue weighted by atomic mass is 13.9. The summed E-state index contributed by atoms with van der Waals surface area (Å²) >= 11 is 0. The van der Waals surface area contributed by atoms with Crippen molar-refractivity contribution in [1.82, 2.24) is 0 Å². The summed E-state index contributed by atoms with van der Waals surface area (Å²) in [6.07, 6.45) is 62.2. The van der Waals surface area contributed by atoms with E-state index in [4.69, 9.17) is 45.0 Å². The number of hydrogen-bond acceptors (Lipinski definition) is 0. The van der Waals surface area contributed by atoms with Crippen molar-refractivity contribution in [3.05, 3.63) is 251 Å². The Morgan fingerprint density at radius 1 is 0.179 bits per heavy atom. The van der Waals surface area contributed by atoms with Crippen LogP contribution in [0.5, 0.6) is 0 Å². The minimum atomic E-state index is 0. The molecule has 0 radical (unpaired) electrons. The van der Waals surface area contributed by atoms with Crippen molar-refractivity contribution in [3.8, 4) is 277 Å². The molecule has 0 unspecified atom stereocenters. The fraction of sp³-hybridized carbons (Fsp3) is 0.371. The van der Waals surface area contributed by atoms with E-state index in [9.17, 15) is 0 Å². The SMILES string of the molecule is C.C.C.C.C.C.C.C#CC.C#CC.C#CC.C#CC#CC.C#CC#CCC.C#CC#CCC.C#CCC.C#CCC.C#CCC.C#CCC.CC#CC.CC#CCC.CC#CCC.CC#CCC.CC#Cc1ccccc1.CC#Cc1ccccc1.CCC#CCC.CCC#CCC.CCC#Cc1ccccc1.CCC#Cc1ccccc1.CCc1ccccc1.Cc1ccccc1.Cc1ccccc1. The van der Waals surface area contributed by atoms with Gasteiger partial charge in [0, 0.05) is 119 Å². The smallest absolute Gasteiger partial charge is 0.0245 e. The molecule has 7 aromatic rings. The van der Waals surface area contributed by atoms with E-state index in [2.05, 4.69) is 343 Å². The van der Waals surface area contributed by atoms with E-state index < -0.39 is 0 Å². The van der Waals surface area contributed by atoms with Gasteiger partial charge in [0.25, 0.3) is 0 Å². The quantitative estimate of drug-likeness (QED) is 0.144. The first-order chi connectivity index (χ1) is 64.6. The van der Waals surface area contributed by atoms with Crippen LogP contribution in [-0.2, 0) is 6.42 Å². The highest BCUT2D eigenvalue weighted by Crippen LogP contribution is 1.99. The molecule has 0 aliphatic carbocycles. The van der Waals surface area contributed by atoms with Crippen molar-refractivity contribution < 1.29 is 0 Å². The van der Waals surface area contributed by atoms with Gasteiger partial charge in [0.05, 0.1) is 0 Å². The summed E-state index contributed by atoms with van der Waals surface area (Å²) in [5.74, 6) is 96.1. The first-order valence-electron chi connectivity index (χ1n) is 44.7. The minimum Gasteiger partial charge on any atom is -0.120 e. The molecule has 0 heterocycles. The molecule has 0 aliphatic rings. The molecule has 0 atom stereocenters. The van der Waals surface area contributed by atoms with Crippen LogP contribution in [0, 0.1) is 291 Å². The number of rotatable bonds is 1. The lowest BCUT2D eigenvalue weighted by Crippen LogP contribution is -1.73. The number of hydrogen-bond donors (Lipinski definition) is 0. The molecule has 0 aliphatic heterocycles. The fourth-order valence-electron chi connectivity index (χ4n) is 5.92. The second-order valence-corrected chi connectivity index (χ2v) is 22.9. The standard InChI is InChI=1S/2C10H10.2C9H8.C8H10.2C7H8.2C6H10.2C6H6.3C5H8.C5H4.5C4H6.3C3H4.7CH4/c2*1-2-3-7-10-8-5-4-6-9-10;2*1-2-6-9-7-4-3-5-8-9;1-2-8-6-4-3-5-7-8;2*1-7-5-3-2-4-6-7;4*1-3-5-6-4-2;4*1-3-5-4-2;5*1-3-4-2;3*1-3-2;;;;;;;/h2*4-6,8-9H,2H2,1H3;2*3-5,7-8H,1H3;3-7H,2H2,1H3;2*2-6H,1H3;2*3-4H2,1-2H3;2*1H,4H2,2H3;3*3H2,1-2H3;1H,2H3;1-2H3;4*1H,4H2,2H3;3*1H,2H3;7*1H4. The molecule has 140 heavy (non-hydrogen) atoms. The first kappa shape index (κ1) is 184. The van der Waals surface area contributed by atoms with E-state index in [-0.39, 0.29) is 52.0 Å². The van der Waals surface area contributed by atoms with Gasteiger partial charge >= 0.3 is 0 Å². The van der Waals surface area contributed by atoms with Gasteiger partial charge in [-0.05, 0) is 186 Å². The van der Waals surface area contributed by atoms with Gasteiger partial charge in [0.1, 0.15) is 0 Å². The van der Waals surface area contributed by atoms with Gasteiger partial charge in [-0.2, -0.15) is 0 Å². The van der Waals surface area contributed by atoms with Gasteiger partial charge in [0.2, 0.25) is 0 Å². The second-order valence-electron chi connectivity index (χ2n) is 22.9. The molecule has 0 amide bonds. The summed E-state index contributed by atoms with van der Waals surface area (Å²) in [6.45, 7) is 56.0. The molecule has 7 rings (SSSR count). The fourth-order valence-corrected chi connectivity index (χ4v) is 5.92. The van der Waals surface area contributed by atoms with Gasteiger partial charge in [-0.25, -0.2) is 0 Å². The monoisotopic (exact) mass is 1870 g/mol. The van der Waals surface area contributed by atoms with E-state index in [1.54, 1.807) is 27.7 Å². The van der Waals surface area contributed by atoms with Crippen LogP contribution in [0.15, 0.2) is 212 Å². The van der Waals surface area contributed by atoms with Crippen LogP contribution in [0.3, 0.4) is 0 Å². The average Bonchev–Trinajstić information content (AvgIpc) is 0.989.